The van der Waals surface area contributed by atoms with E-state index in [1.54, 1.807) is 18.3 Å². The number of fused-ring (bicyclic) bond motifs is 1. The Hall–Kier alpha value is -2.00. The zero-order chi connectivity index (χ0) is 11.8. The van der Waals surface area contributed by atoms with Crippen molar-refractivity contribution in [2.75, 3.05) is 6.26 Å². The van der Waals surface area contributed by atoms with Crippen LogP contribution in [-0.4, -0.2) is 19.4 Å². The van der Waals surface area contributed by atoms with Gasteiger partial charge in [-0.25, -0.2) is 8.42 Å². The van der Waals surface area contributed by atoms with Crippen LogP contribution in [0.2, 0.25) is 0 Å². The van der Waals surface area contributed by atoms with E-state index in [-0.39, 0.29) is 4.90 Å². The first kappa shape index (κ1) is 10.5. The van der Waals surface area contributed by atoms with Crippen molar-refractivity contribution >= 4 is 20.7 Å². The normalized spacial score (nSPS) is 11.2. The van der Waals surface area contributed by atoms with Gasteiger partial charge >= 0.3 is 6.26 Å². The predicted octanol–water partition coefficient (Wildman–Crippen LogP) is 0.954. The third kappa shape index (κ3) is 1.73. The van der Waals surface area contributed by atoms with Crippen LogP contribution in [-0.2, 0) is 9.84 Å². The van der Waals surface area contributed by atoms with Crippen LogP contribution in [0.4, 0.5) is 0 Å². The lowest BCUT2D eigenvalue weighted by Gasteiger charge is -2.01. The quantitative estimate of drug-likeness (QED) is 0.728. The van der Waals surface area contributed by atoms with E-state index in [1.807, 2.05) is 0 Å². The van der Waals surface area contributed by atoms with Crippen LogP contribution in [0.1, 0.15) is 0 Å². The molecule has 0 unspecified atom stereocenters. The molecule has 0 saturated heterocycles. The molecule has 2 aromatic rings. The molecule has 1 heterocycles. The molecule has 0 radical (unpaired) electrons. The maximum Gasteiger partial charge on any atom is 0.315 e. The number of benzene rings is 1. The number of hydrogen-bond donors (Lipinski definition) is 0. The van der Waals surface area contributed by atoms with Crippen molar-refractivity contribution in [2.45, 2.75) is 4.90 Å². The lowest BCUT2D eigenvalue weighted by molar-refractivity contribution is 0.245. The maximum atomic E-state index is 11.4. The Morgan fingerprint density at radius 3 is 2.75 bits per heavy atom. The van der Waals surface area contributed by atoms with Crippen molar-refractivity contribution in [2.24, 2.45) is 0 Å². The first-order valence-electron chi connectivity index (χ1n) is 4.40. The van der Waals surface area contributed by atoms with Gasteiger partial charge in [-0.05, 0) is 18.2 Å². The molecule has 16 heavy (non-hydrogen) atoms. The molecule has 2 rings (SSSR count). The van der Waals surface area contributed by atoms with Crippen LogP contribution in [0, 0.1) is 11.5 Å². The zero-order valence-corrected chi connectivity index (χ0v) is 9.23. The van der Waals surface area contributed by atoms with E-state index in [0.29, 0.717) is 5.52 Å². The fraction of sp³-hybridized carbons (Fsp3) is 0.100. The van der Waals surface area contributed by atoms with Gasteiger partial charge in [0.2, 0.25) is 0 Å². The number of rotatable bonds is 2. The van der Waals surface area contributed by atoms with Crippen molar-refractivity contribution < 1.29 is 13.3 Å². The van der Waals surface area contributed by atoms with E-state index in [2.05, 4.69) is 4.84 Å². The third-order valence-corrected chi connectivity index (χ3v) is 3.31. The van der Waals surface area contributed by atoms with Gasteiger partial charge in [-0.1, -0.05) is 6.07 Å². The average Bonchev–Trinajstić information content (AvgIpc) is 2.60. The van der Waals surface area contributed by atoms with Gasteiger partial charge in [0, 0.05) is 17.8 Å². The summed E-state index contributed by atoms with van der Waals surface area (Å²) in [6.45, 7) is 0. The molecule has 0 aliphatic heterocycles. The van der Waals surface area contributed by atoms with Crippen molar-refractivity contribution in [1.82, 2.24) is 4.73 Å². The summed E-state index contributed by atoms with van der Waals surface area (Å²) in [6.07, 6.45) is 4.22. The minimum atomic E-state index is -3.26. The fourth-order valence-corrected chi connectivity index (χ4v) is 2.08. The molecule has 6 heteroatoms. The van der Waals surface area contributed by atoms with Gasteiger partial charge in [0.1, 0.15) is 0 Å². The van der Waals surface area contributed by atoms with Crippen LogP contribution in [0.25, 0.3) is 10.9 Å². The van der Waals surface area contributed by atoms with Gasteiger partial charge in [0.25, 0.3) is 0 Å². The van der Waals surface area contributed by atoms with Gasteiger partial charge in [0.05, 0.1) is 10.4 Å². The summed E-state index contributed by atoms with van der Waals surface area (Å²) in [5.41, 5.74) is 0.546. The minimum Gasteiger partial charge on any atom is -0.294 e. The SMILES string of the molecule is CS(=O)(=O)c1ccc2ccn(OC#N)c2c1. The first-order valence-corrected chi connectivity index (χ1v) is 6.29. The van der Waals surface area contributed by atoms with E-state index >= 15 is 0 Å². The molecular weight excluding hydrogens is 228 g/mol. The molecule has 0 aliphatic rings. The molecule has 0 fully saturated rings. The smallest absolute Gasteiger partial charge is 0.294 e. The van der Waals surface area contributed by atoms with Crippen LogP contribution in [0.3, 0.4) is 0 Å². The number of nitriles is 1. The molecule has 1 aromatic carbocycles. The van der Waals surface area contributed by atoms with Gasteiger partial charge < -0.3 is 0 Å². The summed E-state index contributed by atoms with van der Waals surface area (Å²) >= 11 is 0. The highest BCUT2D eigenvalue weighted by Crippen LogP contribution is 2.19. The zero-order valence-electron chi connectivity index (χ0n) is 8.41. The molecule has 82 valence electrons. The molecule has 0 spiro atoms. The minimum absolute atomic E-state index is 0.196. The molecule has 0 saturated carbocycles. The maximum absolute atomic E-state index is 11.4. The van der Waals surface area contributed by atoms with Crippen molar-refractivity contribution in [1.29, 1.82) is 5.26 Å². The van der Waals surface area contributed by atoms with Crippen molar-refractivity contribution in [3.63, 3.8) is 0 Å². The average molecular weight is 236 g/mol. The Bertz CT molecular complexity index is 680. The molecule has 0 atom stereocenters. The summed E-state index contributed by atoms with van der Waals surface area (Å²) in [5.74, 6) is 0. The molecular formula is C10H8N2O3S. The van der Waals surface area contributed by atoms with Crippen LogP contribution in [0.15, 0.2) is 35.4 Å². The van der Waals surface area contributed by atoms with Gasteiger partial charge in [0.15, 0.2) is 9.84 Å². The van der Waals surface area contributed by atoms with Crippen LogP contribution in [0.5, 0.6) is 0 Å². The summed E-state index contributed by atoms with van der Waals surface area (Å²) < 4.78 is 23.9. The number of hydrogen-bond acceptors (Lipinski definition) is 4. The third-order valence-electron chi connectivity index (χ3n) is 2.20. The summed E-state index contributed by atoms with van der Waals surface area (Å²) in [4.78, 5) is 4.85. The van der Waals surface area contributed by atoms with Gasteiger partial charge in [-0.15, -0.1) is 5.26 Å². The molecule has 0 aliphatic carbocycles. The Balaban J connectivity index is 2.69. The molecule has 1 aromatic heterocycles. The van der Waals surface area contributed by atoms with E-state index in [0.717, 1.165) is 11.6 Å². The highest BCUT2D eigenvalue weighted by Gasteiger charge is 2.10. The summed E-state index contributed by atoms with van der Waals surface area (Å²) in [7, 11) is -3.26. The standard InChI is InChI=1S/C10H8N2O3S/c1-16(13,14)9-3-2-8-4-5-12(15-7-11)10(8)6-9/h2-6H,1H3. The first-order chi connectivity index (χ1) is 7.52. The van der Waals surface area contributed by atoms with Crippen molar-refractivity contribution in [3.05, 3.63) is 30.5 Å². The molecule has 5 nitrogen and oxygen atoms in total. The monoisotopic (exact) mass is 236 g/mol. The molecule has 0 bridgehead atoms. The fourth-order valence-electron chi connectivity index (χ4n) is 1.44. The molecule has 0 amide bonds. The van der Waals surface area contributed by atoms with Crippen LogP contribution >= 0.6 is 0 Å². The Morgan fingerprint density at radius 1 is 1.38 bits per heavy atom. The number of aromatic nitrogens is 1. The second kappa shape index (κ2) is 3.54. The highest BCUT2D eigenvalue weighted by atomic mass is 32.2. The summed E-state index contributed by atoms with van der Waals surface area (Å²) in [5, 5.41) is 9.22. The van der Waals surface area contributed by atoms with Crippen LogP contribution < -0.4 is 4.84 Å². The Kier molecular flexibility index (Phi) is 2.33. The molecule has 0 N–H and O–H groups in total. The van der Waals surface area contributed by atoms with Gasteiger partial charge in [-0.2, -0.15) is 4.73 Å². The lowest BCUT2D eigenvalue weighted by Crippen LogP contribution is -2.03. The summed E-state index contributed by atoms with van der Waals surface area (Å²) in [6, 6.07) is 6.40. The largest absolute Gasteiger partial charge is 0.315 e. The predicted molar refractivity (Wildman–Crippen MR) is 57.2 cm³/mol. The van der Waals surface area contributed by atoms with Gasteiger partial charge in [-0.3, -0.25) is 4.84 Å². The van der Waals surface area contributed by atoms with E-state index < -0.39 is 9.84 Å². The van der Waals surface area contributed by atoms with Crippen molar-refractivity contribution in [3.8, 4) is 6.26 Å². The number of nitrogens with zero attached hydrogens (tertiary/aromatic N) is 2. The van der Waals surface area contributed by atoms with E-state index in [9.17, 15) is 8.42 Å². The Labute approximate surface area is 92.3 Å². The second-order valence-corrected chi connectivity index (χ2v) is 5.33. The van der Waals surface area contributed by atoms with E-state index in [1.165, 1.54) is 23.1 Å². The number of sulfone groups is 1. The lowest BCUT2D eigenvalue weighted by atomic mass is 10.2. The van der Waals surface area contributed by atoms with E-state index in [4.69, 9.17) is 5.26 Å². The highest BCUT2D eigenvalue weighted by molar-refractivity contribution is 7.90. The second-order valence-electron chi connectivity index (χ2n) is 3.32. The topological polar surface area (TPSA) is 72.1 Å². The Morgan fingerprint density at radius 2 is 2.12 bits per heavy atom.